The molecule has 2 aliphatic rings. The summed E-state index contributed by atoms with van der Waals surface area (Å²) in [5, 5.41) is 23.7. The standard InChI is InChI=1S/C25H23N5O3/c1-16-23(24(29-33-16)17-8-3-2-4-9-17)27-25(32)30-21(19-11-5-6-12-22(19)31)14-20(28-30)18-10-7-13-26-15-18/h2-10,12-13,15,19,21,31H,11,14H2,1H3,(H,27,32). The number of rotatable bonds is 4. The van der Waals surface area contributed by atoms with Crippen LogP contribution in [0.25, 0.3) is 11.3 Å². The van der Waals surface area contributed by atoms with Gasteiger partial charge in [-0.1, -0.05) is 53.7 Å². The topological polar surface area (TPSA) is 104 Å². The van der Waals surface area contributed by atoms with E-state index >= 15 is 0 Å². The minimum atomic E-state index is -0.412. The molecule has 1 aliphatic carbocycles. The number of carbonyl (C=O) groups excluding carboxylic acids is 1. The zero-order valence-corrected chi connectivity index (χ0v) is 18.0. The van der Waals surface area contributed by atoms with Gasteiger partial charge in [-0.3, -0.25) is 4.98 Å². The highest BCUT2D eigenvalue weighted by atomic mass is 16.5. The molecule has 0 spiro atoms. The van der Waals surface area contributed by atoms with Crippen LogP contribution < -0.4 is 5.32 Å². The summed E-state index contributed by atoms with van der Waals surface area (Å²) >= 11 is 0. The maximum absolute atomic E-state index is 13.5. The molecule has 2 aromatic heterocycles. The van der Waals surface area contributed by atoms with E-state index in [0.717, 1.165) is 16.8 Å². The third-order valence-electron chi connectivity index (χ3n) is 5.93. The van der Waals surface area contributed by atoms with Crippen LogP contribution in [-0.4, -0.2) is 38.0 Å². The van der Waals surface area contributed by atoms with Gasteiger partial charge in [0, 0.05) is 35.9 Å². The van der Waals surface area contributed by atoms with Crippen LogP contribution in [0.3, 0.4) is 0 Å². The minimum absolute atomic E-state index is 0.245. The maximum atomic E-state index is 13.5. The molecule has 166 valence electrons. The molecule has 0 bridgehead atoms. The van der Waals surface area contributed by atoms with Crippen LogP contribution in [0, 0.1) is 12.8 Å². The lowest BCUT2D eigenvalue weighted by Crippen LogP contribution is -2.41. The third-order valence-corrected chi connectivity index (χ3v) is 5.93. The Kier molecular flexibility index (Phi) is 5.48. The first kappa shape index (κ1) is 20.7. The molecule has 0 radical (unpaired) electrons. The van der Waals surface area contributed by atoms with Crippen molar-refractivity contribution < 1.29 is 14.4 Å². The van der Waals surface area contributed by atoms with E-state index in [1.54, 1.807) is 25.4 Å². The van der Waals surface area contributed by atoms with Crippen molar-refractivity contribution in [1.29, 1.82) is 0 Å². The van der Waals surface area contributed by atoms with Crippen molar-refractivity contribution in [3.8, 4) is 11.3 Å². The molecule has 3 aromatic rings. The Hall–Kier alpha value is -4.20. The van der Waals surface area contributed by atoms with Crippen LogP contribution in [0.5, 0.6) is 0 Å². The molecule has 3 heterocycles. The quantitative estimate of drug-likeness (QED) is 0.588. The highest BCUT2D eigenvalue weighted by Crippen LogP contribution is 2.35. The molecule has 0 fully saturated rings. The summed E-state index contributed by atoms with van der Waals surface area (Å²) in [6.45, 7) is 1.75. The molecule has 1 aliphatic heterocycles. The van der Waals surface area contributed by atoms with Crippen LogP contribution in [0.1, 0.15) is 24.2 Å². The van der Waals surface area contributed by atoms with Crippen molar-refractivity contribution >= 4 is 17.4 Å². The van der Waals surface area contributed by atoms with Crippen LogP contribution in [0.2, 0.25) is 0 Å². The Morgan fingerprint density at radius 1 is 1.18 bits per heavy atom. The number of benzene rings is 1. The number of carbonyl (C=O) groups is 1. The molecule has 2 atom stereocenters. The lowest BCUT2D eigenvalue weighted by molar-refractivity contribution is 0.166. The van der Waals surface area contributed by atoms with Crippen molar-refractivity contribution in [2.45, 2.75) is 25.8 Å². The molecule has 8 nitrogen and oxygen atoms in total. The van der Waals surface area contributed by atoms with Gasteiger partial charge in [0.15, 0.2) is 5.76 Å². The van der Waals surface area contributed by atoms with Crippen LogP contribution >= 0.6 is 0 Å². The molecule has 8 heteroatoms. The summed E-state index contributed by atoms with van der Waals surface area (Å²) in [4.78, 5) is 17.7. The SMILES string of the molecule is Cc1onc(-c2ccccc2)c1NC(=O)N1N=C(c2cccnc2)CC1C1CC=CC=C1O. The Labute approximate surface area is 190 Å². The fourth-order valence-electron chi connectivity index (χ4n) is 4.21. The number of aryl methyl sites for hydroxylation is 1. The number of aliphatic hydroxyl groups excluding tert-OH is 1. The van der Waals surface area contributed by atoms with E-state index in [-0.39, 0.29) is 17.7 Å². The van der Waals surface area contributed by atoms with Gasteiger partial charge in [-0.15, -0.1) is 0 Å². The Morgan fingerprint density at radius 2 is 2.00 bits per heavy atom. The summed E-state index contributed by atoms with van der Waals surface area (Å²) < 4.78 is 5.38. The lowest BCUT2D eigenvalue weighted by Gasteiger charge is -2.29. The molecular formula is C25H23N5O3. The summed E-state index contributed by atoms with van der Waals surface area (Å²) in [5.41, 5.74) is 3.48. The van der Waals surface area contributed by atoms with Gasteiger partial charge in [0.1, 0.15) is 11.4 Å². The normalized spacial score (nSPS) is 19.8. The smallest absolute Gasteiger partial charge is 0.342 e. The van der Waals surface area contributed by atoms with E-state index in [1.807, 2.05) is 54.6 Å². The maximum Gasteiger partial charge on any atom is 0.342 e. The van der Waals surface area contributed by atoms with Gasteiger partial charge in [-0.05, 0) is 25.5 Å². The van der Waals surface area contributed by atoms with Gasteiger partial charge < -0.3 is 14.9 Å². The van der Waals surface area contributed by atoms with Gasteiger partial charge in [0.2, 0.25) is 0 Å². The van der Waals surface area contributed by atoms with Crippen molar-refractivity contribution in [3.63, 3.8) is 0 Å². The van der Waals surface area contributed by atoms with E-state index in [0.29, 0.717) is 30.0 Å². The van der Waals surface area contributed by atoms with E-state index in [2.05, 4.69) is 20.6 Å². The summed E-state index contributed by atoms with van der Waals surface area (Å²) in [6.07, 6.45) is 10.0. The zero-order chi connectivity index (χ0) is 22.8. The van der Waals surface area contributed by atoms with E-state index < -0.39 is 6.03 Å². The molecule has 33 heavy (non-hydrogen) atoms. The van der Waals surface area contributed by atoms with E-state index in [9.17, 15) is 9.90 Å². The molecule has 2 amide bonds. The first-order valence-electron chi connectivity index (χ1n) is 10.8. The monoisotopic (exact) mass is 441 g/mol. The number of hydrogen-bond acceptors (Lipinski definition) is 6. The minimum Gasteiger partial charge on any atom is -0.512 e. The Bertz CT molecular complexity index is 1250. The average molecular weight is 441 g/mol. The van der Waals surface area contributed by atoms with Crippen molar-refractivity contribution in [1.82, 2.24) is 15.1 Å². The van der Waals surface area contributed by atoms with Gasteiger partial charge in [-0.2, -0.15) is 5.10 Å². The summed E-state index contributed by atoms with van der Waals surface area (Å²) in [7, 11) is 0. The second-order valence-electron chi connectivity index (χ2n) is 8.02. The number of nitrogens with zero attached hydrogens (tertiary/aromatic N) is 4. The second kappa shape index (κ2) is 8.74. The number of aromatic nitrogens is 2. The number of amides is 2. The van der Waals surface area contributed by atoms with Gasteiger partial charge in [0.25, 0.3) is 0 Å². The van der Waals surface area contributed by atoms with E-state index in [1.165, 1.54) is 5.01 Å². The fraction of sp³-hybridized carbons (Fsp3) is 0.200. The molecule has 0 saturated heterocycles. The van der Waals surface area contributed by atoms with Crippen molar-refractivity contribution in [2.24, 2.45) is 11.0 Å². The second-order valence-corrected chi connectivity index (χ2v) is 8.02. The Balaban J connectivity index is 1.47. The average Bonchev–Trinajstić information content (AvgIpc) is 3.45. The van der Waals surface area contributed by atoms with Crippen LogP contribution in [-0.2, 0) is 0 Å². The van der Waals surface area contributed by atoms with Crippen molar-refractivity contribution in [3.05, 3.63) is 90.2 Å². The molecule has 5 rings (SSSR count). The number of pyridine rings is 1. The summed E-state index contributed by atoms with van der Waals surface area (Å²) in [5.74, 6) is 0.489. The molecular weight excluding hydrogens is 418 g/mol. The predicted octanol–water partition coefficient (Wildman–Crippen LogP) is 5.07. The first-order valence-corrected chi connectivity index (χ1v) is 10.8. The molecule has 0 saturated carbocycles. The number of hydrogen-bond donors (Lipinski definition) is 2. The number of allylic oxidation sites excluding steroid dienone is 3. The number of aliphatic hydroxyl groups is 1. The van der Waals surface area contributed by atoms with Gasteiger partial charge in [0.05, 0.1) is 17.5 Å². The molecule has 2 unspecified atom stereocenters. The largest absolute Gasteiger partial charge is 0.512 e. The van der Waals surface area contributed by atoms with E-state index in [4.69, 9.17) is 4.52 Å². The van der Waals surface area contributed by atoms with Gasteiger partial charge in [-0.25, -0.2) is 9.80 Å². The number of anilines is 1. The predicted molar refractivity (Wildman–Crippen MR) is 125 cm³/mol. The molecule has 2 N–H and O–H groups in total. The fourth-order valence-corrected chi connectivity index (χ4v) is 4.21. The highest BCUT2D eigenvalue weighted by Gasteiger charge is 2.39. The lowest BCUT2D eigenvalue weighted by atomic mass is 9.87. The Morgan fingerprint density at radius 3 is 2.76 bits per heavy atom. The number of urea groups is 1. The molecule has 1 aromatic carbocycles. The van der Waals surface area contributed by atoms with Crippen LogP contribution in [0.15, 0.2) is 88.5 Å². The third kappa shape index (κ3) is 4.03. The first-order chi connectivity index (χ1) is 16.1. The highest BCUT2D eigenvalue weighted by molar-refractivity contribution is 6.04. The van der Waals surface area contributed by atoms with Crippen molar-refractivity contribution in [2.75, 3.05) is 5.32 Å². The summed E-state index contributed by atoms with van der Waals surface area (Å²) in [6, 6.07) is 12.5. The number of nitrogens with one attached hydrogen (secondary N) is 1. The van der Waals surface area contributed by atoms with Gasteiger partial charge >= 0.3 is 6.03 Å². The zero-order valence-electron chi connectivity index (χ0n) is 18.0. The number of hydrazone groups is 1. The van der Waals surface area contributed by atoms with Crippen LogP contribution in [0.4, 0.5) is 10.5 Å².